The Labute approximate surface area is 204 Å². The van der Waals surface area contributed by atoms with E-state index in [2.05, 4.69) is 40.7 Å². The van der Waals surface area contributed by atoms with E-state index in [0.717, 1.165) is 48.3 Å². The Balaban J connectivity index is 1.48. The molecular weight excluding hydrogens is 412 g/mol. The second kappa shape index (κ2) is 9.93. The quantitative estimate of drug-likeness (QED) is 0.400. The minimum absolute atomic E-state index is 0.131. The van der Waals surface area contributed by atoms with Gasteiger partial charge in [0.05, 0.1) is 6.10 Å². The van der Waals surface area contributed by atoms with Gasteiger partial charge in [-0.05, 0) is 116 Å². The van der Waals surface area contributed by atoms with Crippen molar-refractivity contribution in [2.24, 2.45) is 58.2 Å². The first-order valence-electron chi connectivity index (χ1n) is 14.2. The van der Waals surface area contributed by atoms with E-state index in [1.807, 2.05) is 0 Å². The van der Waals surface area contributed by atoms with Crippen LogP contribution in [-0.4, -0.2) is 11.2 Å². The van der Waals surface area contributed by atoms with Gasteiger partial charge in [-0.15, -0.1) is 0 Å². The van der Waals surface area contributed by atoms with Gasteiger partial charge in [-0.25, -0.2) is 0 Å². The maximum Gasteiger partial charge on any atom is 0.0574 e. The standard InChI is InChI=1S/C30H51ClO/c1-20(2)8-6-9-21(3)24-13-14-25-22-11-12-26-23(10-7-19-31)28(32)16-18-30(26,5)27(22)15-17-29(24,25)4/h7,19-28,32H,6,8-18H2,1-5H3/b19-7+/t21-,22+,23+,24-,25+,26+,27+,28-,29-,30+/m1/s1. The summed E-state index contributed by atoms with van der Waals surface area (Å²) in [5, 5.41) is 10.9. The molecule has 4 rings (SSSR count). The molecule has 4 aliphatic carbocycles. The molecule has 0 aliphatic heterocycles. The lowest BCUT2D eigenvalue weighted by Crippen LogP contribution is -2.56. The summed E-state index contributed by atoms with van der Waals surface area (Å²) in [7, 11) is 0. The van der Waals surface area contributed by atoms with Crippen LogP contribution in [0.15, 0.2) is 11.6 Å². The Morgan fingerprint density at radius 2 is 1.56 bits per heavy atom. The molecule has 32 heavy (non-hydrogen) atoms. The number of aliphatic hydroxyl groups excluding tert-OH is 1. The van der Waals surface area contributed by atoms with Gasteiger partial charge in [0.1, 0.15) is 0 Å². The topological polar surface area (TPSA) is 20.2 Å². The fourth-order valence-corrected chi connectivity index (χ4v) is 10.2. The molecule has 1 nitrogen and oxygen atoms in total. The van der Waals surface area contributed by atoms with Crippen molar-refractivity contribution in [3.63, 3.8) is 0 Å². The summed E-state index contributed by atoms with van der Waals surface area (Å²) in [6, 6.07) is 0. The second-order valence-electron chi connectivity index (χ2n) is 13.5. The van der Waals surface area contributed by atoms with Crippen LogP contribution in [0.1, 0.15) is 112 Å². The number of hydrogen-bond donors (Lipinski definition) is 1. The maximum atomic E-state index is 10.9. The smallest absolute Gasteiger partial charge is 0.0574 e. The molecule has 0 unspecified atom stereocenters. The van der Waals surface area contributed by atoms with Crippen molar-refractivity contribution >= 4 is 11.6 Å². The first kappa shape index (κ1) is 25.1. The number of rotatable bonds is 7. The van der Waals surface area contributed by atoms with Crippen LogP contribution in [0.3, 0.4) is 0 Å². The fraction of sp³-hybridized carbons (Fsp3) is 0.933. The van der Waals surface area contributed by atoms with Crippen LogP contribution < -0.4 is 0 Å². The Kier molecular flexibility index (Phi) is 7.78. The molecule has 1 N–H and O–H groups in total. The van der Waals surface area contributed by atoms with Gasteiger partial charge in [0.15, 0.2) is 0 Å². The molecule has 4 saturated carbocycles. The largest absolute Gasteiger partial charge is 0.393 e. The van der Waals surface area contributed by atoms with E-state index in [1.54, 1.807) is 5.54 Å². The van der Waals surface area contributed by atoms with Crippen molar-refractivity contribution in [1.82, 2.24) is 0 Å². The van der Waals surface area contributed by atoms with Gasteiger partial charge in [0.2, 0.25) is 0 Å². The molecule has 0 heterocycles. The van der Waals surface area contributed by atoms with E-state index in [9.17, 15) is 5.11 Å². The van der Waals surface area contributed by atoms with Crippen LogP contribution >= 0.6 is 11.6 Å². The van der Waals surface area contributed by atoms with Gasteiger partial charge in [-0.3, -0.25) is 0 Å². The van der Waals surface area contributed by atoms with E-state index < -0.39 is 0 Å². The number of halogens is 1. The van der Waals surface area contributed by atoms with Gasteiger partial charge < -0.3 is 5.11 Å². The van der Waals surface area contributed by atoms with Crippen molar-refractivity contribution in [3.05, 3.63) is 11.6 Å². The van der Waals surface area contributed by atoms with Crippen LogP contribution in [0.4, 0.5) is 0 Å². The average Bonchev–Trinajstić information content (AvgIpc) is 3.10. The van der Waals surface area contributed by atoms with E-state index in [1.165, 1.54) is 64.2 Å². The summed E-state index contributed by atoms with van der Waals surface area (Å²) in [6.07, 6.45) is 18.0. The molecule has 0 aromatic heterocycles. The predicted octanol–water partition coefficient (Wildman–Crippen LogP) is 8.84. The summed E-state index contributed by atoms with van der Waals surface area (Å²) in [5.41, 5.74) is 2.67. The monoisotopic (exact) mass is 462 g/mol. The van der Waals surface area contributed by atoms with E-state index in [-0.39, 0.29) is 6.10 Å². The van der Waals surface area contributed by atoms with Crippen molar-refractivity contribution in [3.8, 4) is 0 Å². The number of allylic oxidation sites excluding steroid dienone is 1. The number of hydrogen-bond acceptors (Lipinski definition) is 1. The zero-order valence-corrected chi connectivity index (χ0v) is 22.4. The average molecular weight is 463 g/mol. The molecule has 0 radical (unpaired) electrons. The summed E-state index contributed by atoms with van der Waals surface area (Å²) in [5.74, 6) is 6.53. The van der Waals surface area contributed by atoms with Crippen LogP contribution in [0, 0.1) is 58.2 Å². The first-order valence-corrected chi connectivity index (χ1v) is 14.6. The zero-order chi connectivity index (χ0) is 23.1. The SMILES string of the molecule is CC(C)CCC[C@@H](C)[C@H]1CC[C@H]2[C@@H]3CC[C@H]4[C@H](C/C=C/Cl)[C@H](O)CC[C@]4(C)[C@H]3CC[C@]12C. The highest BCUT2D eigenvalue weighted by Gasteiger charge is 2.61. The van der Waals surface area contributed by atoms with Gasteiger partial charge in [0, 0.05) is 5.54 Å². The molecule has 184 valence electrons. The lowest BCUT2D eigenvalue weighted by atomic mass is 9.43. The zero-order valence-electron chi connectivity index (χ0n) is 21.7. The predicted molar refractivity (Wildman–Crippen MR) is 138 cm³/mol. The highest BCUT2D eigenvalue weighted by molar-refractivity contribution is 6.25. The van der Waals surface area contributed by atoms with Crippen LogP contribution in [0.2, 0.25) is 0 Å². The lowest BCUT2D eigenvalue weighted by molar-refractivity contribution is -0.152. The summed E-state index contributed by atoms with van der Waals surface area (Å²) in [4.78, 5) is 0. The molecule has 0 amide bonds. The molecule has 0 spiro atoms. The molecule has 4 fully saturated rings. The van der Waals surface area contributed by atoms with Gasteiger partial charge in [-0.1, -0.05) is 71.6 Å². The van der Waals surface area contributed by atoms with Crippen molar-refractivity contribution < 1.29 is 5.11 Å². The molecule has 10 atom stereocenters. The summed E-state index contributed by atoms with van der Waals surface area (Å²) < 4.78 is 0. The summed E-state index contributed by atoms with van der Waals surface area (Å²) in [6.45, 7) is 12.7. The first-order chi connectivity index (χ1) is 15.2. The van der Waals surface area contributed by atoms with Gasteiger partial charge in [-0.2, -0.15) is 0 Å². The third kappa shape index (κ3) is 4.36. The van der Waals surface area contributed by atoms with E-state index >= 15 is 0 Å². The molecule has 0 saturated heterocycles. The Hall–Kier alpha value is -0.0100. The Morgan fingerprint density at radius 1 is 0.875 bits per heavy atom. The van der Waals surface area contributed by atoms with Crippen molar-refractivity contribution in [1.29, 1.82) is 0 Å². The minimum atomic E-state index is -0.131. The lowest BCUT2D eigenvalue weighted by Gasteiger charge is -2.62. The maximum absolute atomic E-state index is 10.9. The molecule has 0 aromatic rings. The third-order valence-corrected chi connectivity index (χ3v) is 11.8. The van der Waals surface area contributed by atoms with E-state index in [0.29, 0.717) is 22.7 Å². The Morgan fingerprint density at radius 3 is 2.28 bits per heavy atom. The van der Waals surface area contributed by atoms with Crippen molar-refractivity contribution in [2.45, 2.75) is 118 Å². The van der Waals surface area contributed by atoms with Crippen molar-refractivity contribution in [2.75, 3.05) is 0 Å². The molecule has 0 aromatic carbocycles. The number of aliphatic hydroxyl groups is 1. The third-order valence-electron chi connectivity index (χ3n) is 11.6. The minimum Gasteiger partial charge on any atom is -0.393 e. The molecular formula is C30H51ClO. The Bertz CT molecular complexity index is 657. The summed E-state index contributed by atoms with van der Waals surface area (Å²) >= 11 is 5.89. The molecule has 4 aliphatic rings. The fourth-order valence-electron chi connectivity index (χ4n) is 10.1. The second-order valence-corrected chi connectivity index (χ2v) is 13.7. The molecule has 0 bridgehead atoms. The number of fused-ring (bicyclic) bond motifs is 5. The van der Waals surface area contributed by atoms with Crippen LogP contribution in [0.25, 0.3) is 0 Å². The van der Waals surface area contributed by atoms with Gasteiger partial charge >= 0.3 is 0 Å². The normalized spacial score (nSPS) is 47.3. The van der Waals surface area contributed by atoms with Crippen LogP contribution in [-0.2, 0) is 0 Å². The molecule has 2 heteroatoms. The highest BCUT2D eigenvalue weighted by atomic mass is 35.5. The van der Waals surface area contributed by atoms with E-state index in [4.69, 9.17) is 11.6 Å². The van der Waals surface area contributed by atoms with Crippen LogP contribution in [0.5, 0.6) is 0 Å². The van der Waals surface area contributed by atoms with Gasteiger partial charge in [0.25, 0.3) is 0 Å². The highest BCUT2D eigenvalue weighted by Crippen LogP contribution is 2.69.